The highest BCUT2D eigenvalue weighted by Gasteiger charge is 2.40. The van der Waals surface area contributed by atoms with Crippen molar-refractivity contribution in [3.8, 4) is 0 Å². The predicted octanol–water partition coefficient (Wildman–Crippen LogP) is 3.28. The Balaban J connectivity index is 2.03. The Hall–Kier alpha value is -0.570. The number of hydrogen-bond acceptors (Lipinski definition) is 2. The summed E-state index contributed by atoms with van der Waals surface area (Å²) in [5, 5.41) is 0. The molecule has 2 fully saturated rings. The fourth-order valence-corrected chi connectivity index (χ4v) is 3.40. The van der Waals surface area contributed by atoms with Crippen LogP contribution in [-0.2, 0) is 0 Å². The first-order valence-electron chi connectivity index (χ1n) is 5.67. The maximum atomic E-state index is 4.54. The molecular formula is C12H15BrN2. The van der Waals surface area contributed by atoms with Crippen LogP contribution in [0.3, 0.4) is 0 Å². The first-order chi connectivity index (χ1) is 7.27. The lowest BCUT2D eigenvalue weighted by Crippen LogP contribution is -2.29. The van der Waals surface area contributed by atoms with Crippen LogP contribution >= 0.6 is 15.9 Å². The van der Waals surface area contributed by atoms with Gasteiger partial charge in [-0.1, -0.05) is 0 Å². The topological polar surface area (TPSA) is 16.1 Å². The second kappa shape index (κ2) is 3.48. The number of aromatic nitrogens is 1. The molecule has 2 aliphatic heterocycles. The third kappa shape index (κ3) is 1.40. The molecule has 0 unspecified atom stereocenters. The minimum atomic E-state index is 0.751. The van der Waals surface area contributed by atoms with Crippen LogP contribution in [0.1, 0.15) is 31.2 Å². The molecule has 0 saturated carbocycles. The van der Waals surface area contributed by atoms with Crippen LogP contribution in [0.15, 0.2) is 16.7 Å². The van der Waals surface area contributed by atoms with Crippen molar-refractivity contribution in [2.75, 3.05) is 4.90 Å². The Morgan fingerprint density at radius 2 is 1.87 bits per heavy atom. The summed E-state index contributed by atoms with van der Waals surface area (Å²) in [7, 11) is 0. The maximum Gasteiger partial charge on any atom is 0.143 e. The summed E-state index contributed by atoms with van der Waals surface area (Å²) in [5.74, 6) is 1.17. The average molecular weight is 267 g/mol. The number of aryl methyl sites for hydroxylation is 1. The van der Waals surface area contributed by atoms with E-state index >= 15 is 0 Å². The van der Waals surface area contributed by atoms with Crippen molar-refractivity contribution in [2.45, 2.75) is 44.7 Å². The van der Waals surface area contributed by atoms with Crippen LogP contribution < -0.4 is 4.90 Å². The van der Waals surface area contributed by atoms with Crippen LogP contribution in [0, 0.1) is 6.92 Å². The second-order valence-electron chi connectivity index (χ2n) is 4.64. The Morgan fingerprint density at radius 3 is 2.47 bits per heavy atom. The number of halogens is 1. The van der Waals surface area contributed by atoms with Crippen molar-refractivity contribution in [1.29, 1.82) is 0 Å². The lowest BCUT2D eigenvalue weighted by Gasteiger charge is -2.24. The summed E-state index contributed by atoms with van der Waals surface area (Å²) in [6.45, 7) is 2.13. The molecular weight excluding hydrogens is 252 g/mol. The molecule has 0 radical (unpaired) electrons. The van der Waals surface area contributed by atoms with Gasteiger partial charge in [-0.2, -0.15) is 0 Å². The third-order valence-electron chi connectivity index (χ3n) is 3.76. The Morgan fingerprint density at radius 1 is 1.27 bits per heavy atom. The highest BCUT2D eigenvalue weighted by molar-refractivity contribution is 9.10. The summed E-state index contributed by atoms with van der Waals surface area (Å²) in [5.41, 5.74) is 1.28. The molecule has 0 aliphatic carbocycles. The van der Waals surface area contributed by atoms with Gasteiger partial charge in [-0.25, -0.2) is 4.98 Å². The van der Waals surface area contributed by atoms with Crippen molar-refractivity contribution in [1.82, 2.24) is 4.98 Å². The van der Waals surface area contributed by atoms with Gasteiger partial charge in [0.05, 0.1) is 4.47 Å². The number of anilines is 1. The molecule has 0 aromatic carbocycles. The Bertz CT molecular complexity index is 371. The number of nitrogens with zero attached hydrogens (tertiary/aromatic N) is 2. The van der Waals surface area contributed by atoms with Crippen molar-refractivity contribution in [2.24, 2.45) is 0 Å². The summed E-state index contributed by atoms with van der Waals surface area (Å²) in [6.07, 6.45) is 7.34. The van der Waals surface area contributed by atoms with E-state index in [9.17, 15) is 0 Å². The molecule has 3 rings (SSSR count). The van der Waals surface area contributed by atoms with Crippen LogP contribution in [-0.4, -0.2) is 17.1 Å². The molecule has 0 N–H and O–H groups in total. The van der Waals surface area contributed by atoms with Gasteiger partial charge in [-0.3, -0.25) is 0 Å². The van der Waals surface area contributed by atoms with Crippen molar-refractivity contribution < 1.29 is 0 Å². The molecule has 80 valence electrons. The molecule has 1 aromatic heterocycles. The van der Waals surface area contributed by atoms with E-state index in [1.165, 1.54) is 41.5 Å². The summed E-state index contributed by atoms with van der Waals surface area (Å²) < 4.78 is 1.18. The van der Waals surface area contributed by atoms with E-state index < -0.39 is 0 Å². The van der Waals surface area contributed by atoms with E-state index in [-0.39, 0.29) is 0 Å². The van der Waals surface area contributed by atoms with E-state index in [0.717, 1.165) is 12.1 Å². The molecule has 2 aliphatic rings. The molecule has 1 aromatic rings. The van der Waals surface area contributed by atoms with E-state index in [1.807, 2.05) is 6.20 Å². The molecule has 2 nitrogen and oxygen atoms in total. The summed E-state index contributed by atoms with van der Waals surface area (Å²) >= 11 is 3.67. The van der Waals surface area contributed by atoms with Gasteiger partial charge in [0.25, 0.3) is 0 Å². The van der Waals surface area contributed by atoms with Gasteiger partial charge in [0.2, 0.25) is 0 Å². The van der Waals surface area contributed by atoms with E-state index in [1.54, 1.807) is 0 Å². The van der Waals surface area contributed by atoms with Crippen LogP contribution in [0.2, 0.25) is 0 Å². The molecule has 0 amide bonds. The lowest BCUT2D eigenvalue weighted by molar-refractivity contribution is 0.576. The van der Waals surface area contributed by atoms with Crippen LogP contribution in [0.5, 0.6) is 0 Å². The average Bonchev–Trinajstić information content (AvgIpc) is 2.82. The smallest absolute Gasteiger partial charge is 0.143 e. The van der Waals surface area contributed by atoms with Crippen molar-refractivity contribution >= 4 is 21.7 Å². The summed E-state index contributed by atoms with van der Waals surface area (Å²) in [4.78, 5) is 7.08. The molecule has 2 saturated heterocycles. The number of hydrogen-bond donors (Lipinski definition) is 0. The minimum absolute atomic E-state index is 0.751. The minimum Gasteiger partial charge on any atom is -0.350 e. The van der Waals surface area contributed by atoms with Gasteiger partial charge >= 0.3 is 0 Å². The van der Waals surface area contributed by atoms with Gasteiger partial charge in [-0.05, 0) is 60.2 Å². The highest BCUT2D eigenvalue weighted by Crippen LogP contribution is 2.42. The quantitative estimate of drug-likeness (QED) is 0.776. The van der Waals surface area contributed by atoms with Crippen LogP contribution in [0.4, 0.5) is 5.82 Å². The highest BCUT2D eigenvalue weighted by atomic mass is 79.9. The van der Waals surface area contributed by atoms with Gasteiger partial charge in [0.1, 0.15) is 5.82 Å². The SMILES string of the molecule is Cc1ccnc(N2C3CCC2CC3)c1Br. The van der Waals surface area contributed by atoms with Crippen molar-refractivity contribution in [3.05, 3.63) is 22.3 Å². The Kier molecular flexibility index (Phi) is 2.23. The third-order valence-corrected chi connectivity index (χ3v) is 4.74. The van der Waals surface area contributed by atoms with E-state index in [2.05, 4.69) is 38.8 Å². The zero-order valence-corrected chi connectivity index (χ0v) is 10.5. The lowest BCUT2D eigenvalue weighted by atomic mass is 10.0. The molecule has 3 heteroatoms. The molecule has 0 spiro atoms. The standard InChI is InChI=1S/C12H15BrN2/c1-8-6-7-14-12(11(8)13)15-9-2-3-10(15)5-4-9/h6-7,9-10H,2-5H2,1H3. The fraction of sp³-hybridized carbons (Fsp3) is 0.583. The largest absolute Gasteiger partial charge is 0.350 e. The molecule has 2 bridgehead atoms. The fourth-order valence-electron chi connectivity index (χ4n) is 2.96. The monoisotopic (exact) mass is 266 g/mol. The normalized spacial score (nSPS) is 28.8. The van der Waals surface area contributed by atoms with E-state index in [0.29, 0.717) is 0 Å². The first-order valence-corrected chi connectivity index (χ1v) is 6.46. The second-order valence-corrected chi connectivity index (χ2v) is 5.43. The zero-order valence-electron chi connectivity index (χ0n) is 8.91. The number of fused-ring (bicyclic) bond motifs is 2. The number of pyridine rings is 1. The zero-order chi connectivity index (χ0) is 10.4. The van der Waals surface area contributed by atoms with Gasteiger partial charge < -0.3 is 4.90 Å². The first kappa shape index (κ1) is 9.64. The number of rotatable bonds is 1. The maximum absolute atomic E-state index is 4.54. The van der Waals surface area contributed by atoms with Crippen LogP contribution in [0.25, 0.3) is 0 Å². The van der Waals surface area contributed by atoms with Gasteiger partial charge in [-0.15, -0.1) is 0 Å². The molecule has 3 heterocycles. The van der Waals surface area contributed by atoms with E-state index in [4.69, 9.17) is 0 Å². The van der Waals surface area contributed by atoms with Crippen molar-refractivity contribution in [3.63, 3.8) is 0 Å². The Labute approximate surface area is 98.8 Å². The van der Waals surface area contributed by atoms with Gasteiger partial charge in [0.15, 0.2) is 0 Å². The van der Waals surface area contributed by atoms with Gasteiger partial charge in [0, 0.05) is 18.3 Å². The summed E-state index contributed by atoms with van der Waals surface area (Å²) in [6, 6.07) is 3.56. The molecule has 0 atom stereocenters. The predicted molar refractivity (Wildman–Crippen MR) is 65.2 cm³/mol. The molecule has 15 heavy (non-hydrogen) atoms.